The predicted octanol–water partition coefficient (Wildman–Crippen LogP) is 0.557. The molecule has 16 heavy (non-hydrogen) atoms. The van der Waals surface area contributed by atoms with Crippen LogP contribution in [0.1, 0.15) is 33.6 Å². The van der Waals surface area contributed by atoms with E-state index in [2.05, 4.69) is 18.7 Å². The Hall–Kier alpha value is -0.610. The molecule has 3 unspecified atom stereocenters. The number of carbonyl (C=O) groups is 1. The fourth-order valence-electron chi connectivity index (χ4n) is 2.22. The second-order valence-electron chi connectivity index (χ2n) is 5.60. The van der Waals surface area contributed by atoms with Crippen LogP contribution in [0.25, 0.3) is 0 Å². The molecule has 94 valence electrons. The van der Waals surface area contributed by atoms with Crippen LogP contribution in [0.3, 0.4) is 0 Å². The average molecular weight is 227 g/mol. The quantitative estimate of drug-likeness (QED) is 0.720. The minimum atomic E-state index is -0.850. The predicted molar refractivity (Wildman–Crippen MR) is 65.8 cm³/mol. The monoisotopic (exact) mass is 227 g/mol. The van der Waals surface area contributed by atoms with E-state index in [1.54, 1.807) is 6.92 Å². The summed E-state index contributed by atoms with van der Waals surface area (Å²) in [6.45, 7) is 9.65. The molecule has 0 spiro atoms. The minimum absolute atomic E-state index is 0.407. The summed E-state index contributed by atoms with van der Waals surface area (Å²) in [6, 6.07) is 0. The number of amides is 1. The number of nitrogens with zero attached hydrogens (tertiary/aromatic N) is 1. The third-order valence-corrected chi connectivity index (χ3v) is 3.80. The highest BCUT2D eigenvalue weighted by Gasteiger charge is 2.28. The Labute approximate surface area is 98.3 Å². The van der Waals surface area contributed by atoms with Gasteiger partial charge in [-0.05, 0) is 38.1 Å². The summed E-state index contributed by atoms with van der Waals surface area (Å²) < 4.78 is 0. The lowest BCUT2D eigenvalue weighted by Crippen LogP contribution is -2.49. The highest BCUT2D eigenvalue weighted by molar-refractivity contribution is 5.83. The van der Waals surface area contributed by atoms with E-state index in [1.807, 2.05) is 0 Å². The Morgan fingerprint density at radius 2 is 1.88 bits per heavy atom. The molecule has 4 nitrogen and oxygen atoms in total. The molecule has 1 aliphatic rings. The van der Waals surface area contributed by atoms with Gasteiger partial charge >= 0.3 is 0 Å². The maximum absolute atomic E-state index is 11.0. The zero-order valence-corrected chi connectivity index (χ0v) is 10.7. The normalized spacial score (nSPS) is 30.2. The molecule has 4 heteroatoms. The van der Waals surface area contributed by atoms with Gasteiger partial charge in [0.1, 0.15) is 0 Å². The van der Waals surface area contributed by atoms with Crippen molar-refractivity contribution in [1.82, 2.24) is 4.90 Å². The van der Waals surface area contributed by atoms with Gasteiger partial charge < -0.3 is 16.4 Å². The van der Waals surface area contributed by atoms with E-state index in [4.69, 9.17) is 11.5 Å². The average Bonchev–Trinajstić information content (AvgIpc) is 2.45. The largest absolute Gasteiger partial charge is 0.368 e. The van der Waals surface area contributed by atoms with Gasteiger partial charge in [0.25, 0.3) is 0 Å². The number of carbonyl (C=O) groups excluding carboxylic acids is 1. The van der Waals surface area contributed by atoms with Crippen LogP contribution in [0.2, 0.25) is 0 Å². The Kier molecular flexibility index (Phi) is 4.33. The molecule has 4 N–H and O–H groups in total. The van der Waals surface area contributed by atoms with Crippen molar-refractivity contribution < 1.29 is 4.79 Å². The van der Waals surface area contributed by atoms with Crippen molar-refractivity contribution in [3.8, 4) is 0 Å². The van der Waals surface area contributed by atoms with Gasteiger partial charge in [-0.2, -0.15) is 0 Å². The first-order chi connectivity index (χ1) is 7.33. The summed E-state index contributed by atoms with van der Waals surface area (Å²) in [4.78, 5) is 13.5. The summed E-state index contributed by atoms with van der Waals surface area (Å²) in [7, 11) is 0. The molecule has 0 aromatic heterocycles. The van der Waals surface area contributed by atoms with Crippen molar-refractivity contribution in [1.29, 1.82) is 0 Å². The van der Waals surface area contributed by atoms with Crippen molar-refractivity contribution >= 4 is 5.91 Å². The summed E-state index contributed by atoms with van der Waals surface area (Å²) in [5.74, 6) is 1.15. The van der Waals surface area contributed by atoms with Gasteiger partial charge in [-0.3, -0.25) is 4.79 Å². The van der Waals surface area contributed by atoms with Crippen LogP contribution < -0.4 is 11.5 Å². The Balaban J connectivity index is 2.24. The van der Waals surface area contributed by atoms with Gasteiger partial charge in [0.2, 0.25) is 5.91 Å². The Morgan fingerprint density at radius 3 is 2.31 bits per heavy atom. The van der Waals surface area contributed by atoms with Crippen molar-refractivity contribution in [2.75, 3.05) is 19.6 Å². The fourth-order valence-corrected chi connectivity index (χ4v) is 2.22. The molecule has 1 fully saturated rings. The number of primary amides is 1. The molecule has 1 amide bonds. The van der Waals surface area contributed by atoms with E-state index >= 15 is 0 Å². The first-order valence-corrected chi connectivity index (χ1v) is 6.14. The molecule has 0 aliphatic carbocycles. The molecule has 0 saturated carbocycles. The van der Waals surface area contributed by atoms with Crippen molar-refractivity contribution in [2.45, 2.75) is 39.2 Å². The lowest BCUT2D eigenvalue weighted by Gasteiger charge is -2.22. The summed E-state index contributed by atoms with van der Waals surface area (Å²) in [6.07, 6.45) is 1.61. The molecule has 0 aromatic carbocycles. The fraction of sp³-hybridized carbons (Fsp3) is 0.917. The van der Waals surface area contributed by atoms with Crippen molar-refractivity contribution in [3.63, 3.8) is 0 Å². The highest BCUT2D eigenvalue weighted by atomic mass is 16.1. The summed E-state index contributed by atoms with van der Waals surface area (Å²) >= 11 is 0. The maximum Gasteiger partial charge on any atom is 0.237 e. The first-order valence-electron chi connectivity index (χ1n) is 6.14. The van der Waals surface area contributed by atoms with Crippen LogP contribution in [0.5, 0.6) is 0 Å². The van der Waals surface area contributed by atoms with Crippen LogP contribution in [0.4, 0.5) is 0 Å². The maximum atomic E-state index is 11.0. The number of hydrogen-bond acceptors (Lipinski definition) is 3. The standard InChI is InChI=1S/C12H25N3O/c1-9-7-15(8-10(9)2)6-4-5-12(3,14)11(13)16/h9-10H,4-8,14H2,1-3H3,(H2,13,16). The molecule has 3 atom stereocenters. The lowest BCUT2D eigenvalue weighted by molar-refractivity contribution is -0.122. The third-order valence-electron chi connectivity index (χ3n) is 3.80. The molecule has 1 rings (SSSR count). The third kappa shape index (κ3) is 3.46. The lowest BCUT2D eigenvalue weighted by atomic mass is 9.96. The van der Waals surface area contributed by atoms with Crippen LogP contribution in [-0.2, 0) is 4.79 Å². The molecule has 1 heterocycles. The van der Waals surface area contributed by atoms with Crippen LogP contribution in [0, 0.1) is 11.8 Å². The van der Waals surface area contributed by atoms with E-state index in [0.717, 1.165) is 24.8 Å². The van der Waals surface area contributed by atoms with E-state index in [0.29, 0.717) is 6.42 Å². The van der Waals surface area contributed by atoms with Gasteiger partial charge in [-0.1, -0.05) is 13.8 Å². The molecule has 0 aromatic rings. The van der Waals surface area contributed by atoms with Gasteiger partial charge in [0.05, 0.1) is 5.54 Å². The summed E-state index contributed by atoms with van der Waals surface area (Å²) in [5, 5.41) is 0. The van der Waals surface area contributed by atoms with Crippen LogP contribution in [-0.4, -0.2) is 36.0 Å². The topological polar surface area (TPSA) is 72.3 Å². The van der Waals surface area contributed by atoms with Crippen LogP contribution in [0.15, 0.2) is 0 Å². The van der Waals surface area contributed by atoms with Gasteiger partial charge in [-0.15, -0.1) is 0 Å². The highest BCUT2D eigenvalue weighted by Crippen LogP contribution is 2.22. The number of likely N-dealkylation sites (tertiary alicyclic amines) is 1. The first kappa shape index (κ1) is 13.5. The van der Waals surface area contributed by atoms with Crippen LogP contribution >= 0.6 is 0 Å². The molecule has 0 bridgehead atoms. The van der Waals surface area contributed by atoms with E-state index in [9.17, 15) is 4.79 Å². The number of nitrogens with two attached hydrogens (primary N) is 2. The number of hydrogen-bond donors (Lipinski definition) is 2. The second kappa shape index (κ2) is 5.15. The van der Waals surface area contributed by atoms with E-state index in [1.165, 1.54) is 13.1 Å². The molecular weight excluding hydrogens is 202 g/mol. The minimum Gasteiger partial charge on any atom is -0.368 e. The SMILES string of the molecule is CC1CN(CCCC(C)(N)C(N)=O)CC1C. The van der Waals surface area contributed by atoms with Crippen molar-refractivity contribution in [3.05, 3.63) is 0 Å². The molecular formula is C12H25N3O. The van der Waals surface area contributed by atoms with E-state index in [-0.39, 0.29) is 0 Å². The van der Waals surface area contributed by atoms with E-state index < -0.39 is 11.4 Å². The second-order valence-corrected chi connectivity index (χ2v) is 5.60. The zero-order chi connectivity index (χ0) is 12.3. The van der Waals surface area contributed by atoms with Crippen molar-refractivity contribution in [2.24, 2.45) is 23.3 Å². The Morgan fingerprint density at radius 1 is 1.38 bits per heavy atom. The smallest absolute Gasteiger partial charge is 0.237 e. The number of rotatable bonds is 5. The zero-order valence-electron chi connectivity index (χ0n) is 10.7. The molecule has 1 saturated heterocycles. The van der Waals surface area contributed by atoms with Gasteiger partial charge in [0.15, 0.2) is 0 Å². The molecule has 1 aliphatic heterocycles. The van der Waals surface area contributed by atoms with Gasteiger partial charge in [-0.25, -0.2) is 0 Å². The Bertz CT molecular complexity index is 243. The summed E-state index contributed by atoms with van der Waals surface area (Å²) in [5.41, 5.74) is 10.2. The molecule has 0 radical (unpaired) electrons. The van der Waals surface area contributed by atoms with Gasteiger partial charge in [0, 0.05) is 13.1 Å².